The zero-order valence-corrected chi connectivity index (χ0v) is 22.8. The number of halogens is 2. The molecule has 0 bridgehead atoms. The predicted octanol–water partition coefficient (Wildman–Crippen LogP) is 5.65. The molecule has 0 spiro atoms. The average molecular weight is 571 g/mol. The quantitative estimate of drug-likeness (QED) is 0.261. The van der Waals surface area contributed by atoms with Gasteiger partial charge in [0.2, 0.25) is 0 Å². The van der Waals surface area contributed by atoms with Gasteiger partial charge in [0.05, 0.1) is 31.5 Å². The van der Waals surface area contributed by atoms with Crippen molar-refractivity contribution in [1.82, 2.24) is 5.32 Å². The summed E-state index contributed by atoms with van der Waals surface area (Å²) in [7, 11) is 2.75. The van der Waals surface area contributed by atoms with Crippen molar-refractivity contribution in [2.24, 2.45) is 0 Å². The Morgan fingerprint density at radius 2 is 1.56 bits per heavy atom. The molecule has 1 aliphatic heterocycles. The number of hydrogen-bond donors (Lipinski definition) is 1. The van der Waals surface area contributed by atoms with Crippen molar-refractivity contribution in [2.75, 3.05) is 25.7 Å². The maximum absolute atomic E-state index is 13.4. The Morgan fingerprint density at radius 3 is 2.23 bits per heavy atom. The van der Waals surface area contributed by atoms with Crippen molar-refractivity contribution < 1.29 is 33.3 Å². The van der Waals surface area contributed by atoms with Crippen molar-refractivity contribution in [3.63, 3.8) is 0 Å². The molecular formula is C28H24Cl2N2O7. The number of urea groups is 1. The van der Waals surface area contributed by atoms with E-state index in [0.717, 1.165) is 10.5 Å². The Bertz CT molecular complexity index is 1460. The van der Waals surface area contributed by atoms with Crippen LogP contribution in [0.5, 0.6) is 23.0 Å². The topological polar surface area (TPSA) is 103 Å². The lowest BCUT2D eigenvalue weighted by Gasteiger charge is -2.28. The van der Waals surface area contributed by atoms with E-state index in [2.05, 4.69) is 5.32 Å². The number of carbonyl (C=O) groups excluding carboxylic acids is 3. The highest BCUT2D eigenvalue weighted by atomic mass is 35.5. The molecule has 0 atom stereocenters. The van der Waals surface area contributed by atoms with Crippen LogP contribution in [0.2, 0.25) is 10.0 Å². The summed E-state index contributed by atoms with van der Waals surface area (Å²) in [6, 6.07) is 14.1. The summed E-state index contributed by atoms with van der Waals surface area (Å²) < 4.78 is 22.2. The molecule has 0 saturated carbocycles. The van der Waals surface area contributed by atoms with Crippen LogP contribution in [0.4, 0.5) is 10.5 Å². The number of imide groups is 2. The highest BCUT2D eigenvalue weighted by Crippen LogP contribution is 2.39. The smallest absolute Gasteiger partial charge is 0.336 e. The van der Waals surface area contributed by atoms with Gasteiger partial charge < -0.3 is 18.9 Å². The van der Waals surface area contributed by atoms with Crippen LogP contribution in [0, 0.1) is 0 Å². The number of barbiturate groups is 1. The first-order valence-corrected chi connectivity index (χ1v) is 12.5. The van der Waals surface area contributed by atoms with E-state index < -0.39 is 17.8 Å². The SMILES string of the molecule is CCOc1cc(/C=C2\C(=O)NC(=O)N(c3cc(OC)c(Cl)cc3OC)C2=O)ccc1OCc1ccc(Cl)cc1. The molecule has 1 fully saturated rings. The van der Waals surface area contributed by atoms with E-state index in [1.54, 1.807) is 30.3 Å². The fraction of sp³-hybridized carbons (Fsp3) is 0.179. The van der Waals surface area contributed by atoms with Crippen LogP contribution in [0.25, 0.3) is 6.08 Å². The van der Waals surface area contributed by atoms with Gasteiger partial charge in [-0.05, 0) is 48.4 Å². The van der Waals surface area contributed by atoms with Gasteiger partial charge in [0.1, 0.15) is 23.7 Å². The number of nitrogens with zero attached hydrogens (tertiary/aromatic N) is 1. The summed E-state index contributed by atoms with van der Waals surface area (Å²) in [6.45, 7) is 2.46. The van der Waals surface area contributed by atoms with E-state index in [0.29, 0.717) is 28.7 Å². The number of ether oxygens (including phenoxy) is 4. The number of nitrogens with one attached hydrogen (secondary N) is 1. The van der Waals surface area contributed by atoms with Crippen LogP contribution in [-0.4, -0.2) is 38.7 Å². The lowest BCUT2D eigenvalue weighted by atomic mass is 10.1. The second kappa shape index (κ2) is 12.1. The first-order chi connectivity index (χ1) is 18.7. The molecule has 3 aromatic carbocycles. The third kappa shape index (κ3) is 6.10. The molecule has 4 rings (SSSR count). The molecule has 0 unspecified atom stereocenters. The first kappa shape index (κ1) is 27.8. The average Bonchev–Trinajstić information content (AvgIpc) is 2.92. The Balaban J connectivity index is 1.66. The first-order valence-electron chi connectivity index (χ1n) is 11.7. The van der Waals surface area contributed by atoms with Gasteiger partial charge in [0, 0.05) is 17.2 Å². The van der Waals surface area contributed by atoms with Crippen LogP contribution >= 0.6 is 23.2 Å². The number of carbonyl (C=O) groups is 3. The summed E-state index contributed by atoms with van der Waals surface area (Å²) in [4.78, 5) is 39.7. The fourth-order valence-electron chi connectivity index (χ4n) is 3.81. The van der Waals surface area contributed by atoms with Gasteiger partial charge in [-0.15, -0.1) is 0 Å². The van der Waals surface area contributed by atoms with Gasteiger partial charge in [-0.3, -0.25) is 14.9 Å². The summed E-state index contributed by atoms with van der Waals surface area (Å²) in [5.41, 5.74) is 1.17. The minimum absolute atomic E-state index is 0.0561. The zero-order chi connectivity index (χ0) is 28.1. The minimum atomic E-state index is -0.939. The number of hydrogen-bond acceptors (Lipinski definition) is 7. The molecule has 202 valence electrons. The molecule has 1 saturated heterocycles. The van der Waals surface area contributed by atoms with Crippen molar-refractivity contribution in [3.8, 4) is 23.0 Å². The second-order valence-electron chi connectivity index (χ2n) is 8.17. The largest absolute Gasteiger partial charge is 0.495 e. The summed E-state index contributed by atoms with van der Waals surface area (Å²) >= 11 is 12.1. The Morgan fingerprint density at radius 1 is 0.846 bits per heavy atom. The van der Waals surface area contributed by atoms with E-state index in [1.165, 1.54) is 32.4 Å². The van der Waals surface area contributed by atoms with Crippen molar-refractivity contribution in [2.45, 2.75) is 13.5 Å². The van der Waals surface area contributed by atoms with Crippen molar-refractivity contribution >= 4 is 52.8 Å². The van der Waals surface area contributed by atoms with Gasteiger partial charge in [-0.2, -0.15) is 0 Å². The monoisotopic (exact) mass is 570 g/mol. The zero-order valence-electron chi connectivity index (χ0n) is 21.2. The van der Waals surface area contributed by atoms with Gasteiger partial charge >= 0.3 is 6.03 Å². The lowest BCUT2D eigenvalue weighted by molar-refractivity contribution is -0.122. The molecule has 1 N–H and O–H groups in total. The summed E-state index contributed by atoms with van der Waals surface area (Å²) in [6.07, 6.45) is 1.36. The number of anilines is 1. The maximum atomic E-state index is 13.4. The van der Waals surface area contributed by atoms with Crippen LogP contribution in [0.3, 0.4) is 0 Å². The Kier molecular flexibility index (Phi) is 8.63. The Labute approximate surface area is 234 Å². The standard InChI is InChI=1S/C28H24Cl2N2O7/c1-4-38-25-12-17(7-10-22(25)39-15-16-5-8-18(29)9-6-16)11-19-26(33)31-28(35)32(27(19)34)21-14-23(36-2)20(30)13-24(21)37-3/h5-14H,4,15H2,1-3H3,(H,31,33,35)/b19-11+. The highest BCUT2D eigenvalue weighted by Gasteiger charge is 2.38. The van der Waals surface area contributed by atoms with Crippen LogP contribution in [-0.2, 0) is 16.2 Å². The molecule has 9 nitrogen and oxygen atoms in total. The highest BCUT2D eigenvalue weighted by molar-refractivity contribution is 6.39. The van der Waals surface area contributed by atoms with Crippen molar-refractivity contribution in [1.29, 1.82) is 0 Å². The maximum Gasteiger partial charge on any atom is 0.336 e. The second-order valence-corrected chi connectivity index (χ2v) is 9.01. The molecule has 1 heterocycles. The Hall–Kier alpha value is -4.21. The van der Waals surface area contributed by atoms with Gasteiger partial charge in [0.25, 0.3) is 11.8 Å². The number of amides is 4. The van der Waals surface area contributed by atoms with Crippen molar-refractivity contribution in [3.05, 3.63) is 81.3 Å². The molecule has 4 amide bonds. The fourth-order valence-corrected chi connectivity index (χ4v) is 4.16. The molecule has 3 aromatic rings. The lowest BCUT2D eigenvalue weighted by Crippen LogP contribution is -2.54. The van der Waals surface area contributed by atoms with E-state index in [4.69, 9.17) is 42.1 Å². The molecule has 39 heavy (non-hydrogen) atoms. The van der Waals surface area contributed by atoms with Gasteiger partial charge in [-0.1, -0.05) is 41.4 Å². The summed E-state index contributed by atoms with van der Waals surface area (Å²) in [5.74, 6) is -0.454. The molecule has 0 aromatic heterocycles. The van der Waals surface area contributed by atoms with E-state index >= 15 is 0 Å². The van der Waals surface area contributed by atoms with Crippen LogP contribution < -0.4 is 29.2 Å². The normalized spacial score (nSPS) is 14.3. The number of benzene rings is 3. The van der Waals surface area contributed by atoms with E-state index in [-0.39, 0.29) is 34.4 Å². The van der Waals surface area contributed by atoms with Gasteiger partial charge in [0.15, 0.2) is 11.5 Å². The third-order valence-corrected chi connectivity index (χ3v) is 6.23. The summed E-state index contributed by atoms with van der Waals surface area (Å²) in [5, 5.41) is 3.04. The minimum Gasteiger partial charge on any atom is -0.495 e. The molecule has 11 heteroatoms. The van der Waals surface area contributed by atoms with Crippen LogP contribution in [0.15, 0.2) is 60.2 Å². The number of rotatable bonds is 9. The third-order valence-electron chi connectivity index (χ3n) is 5.68. The van der Waals surface area contributed by atoms with Gasteiger partial charge in [-0.25, -0.2) is 9.69 Å². The molecule has 1 aliphatic rings. The molecule has 0 aliphatic carbocycles. The predicted molar refractivity (Wildman–Crippen MR) is 147 cm³/mol. The number of methoxy groups -OCH3 is 2. The molecule has 0 radical (unpaired) electrons. The van der Waals surface area contributed by atoms with E-state index in [1.807, 2.05) is 19.1 Å². The molecular weight excluding hydrogens is 547 g/mol. The van der Waals surface area contributed by atoms with Crippen LogP contribution in [0.1, 0.15) is 18.1 Å². The van der Waals surface area contributed by atoms with E-state index in [9.17, 15) is 14.4 Å².